The first-order valence-electron chi connectivity index (χ1n) is 5.79. The summed E-state index contributed by atoms with van der Waals surface area (Å²) >= 11 is 0. The first-order chi connectivity index (χ1) is 7.65. The minimum atomic E-state index is -0.210. The van der Waals surface area contributed by atoms with Crippen molar-refractivity contribution in [3.8, 4) is 0 Å². The number of halogens is 1. The van der Waals surface area contributed by atoms with Gasteiger partial charge in [-0.05, 0) is 49.4 Å². The molecule has 1 aromatic carbocycles. The quantitative estimate of drug-likeness (QED) is 0.855. The lowest BCUT2D eigenvalue weighted by Crippen LogP contribution is -2.18. The molecule has 1 aromatic rings. The van der Waals surface area contributed by atoms with Crippen molar-refractivity contribution in [2.75, 3.05) is 6.61 Å². The number of benzene rings is 1. The van der Waals surface area contributed by atoms with Crippen molar-refractivity contribution in [1.29, 1.82) is 0 Å². The van der Waals surface area contributed by atoms with Gasteiger partial charge in [-0.1, -0.05) is 6.07 Å². The summed E-state index contributed by atoms with van der Waals surface area (Å²) in [6.07, 6.45) is 3.21. The number of hydrogen-bond acceptors (Lipinski definition) is 2. The second kappa shape index (κ2) is 4.93. The van der Waals surface area contributed by atoms with Gasteiger partial charge in [0.25, 0.3) is 0 Å². The second-order valence-corrected chi connectivity index (χ2v) is 4.54. The Bertz CT molecular complexity index is 341. The summed E-state index contributed by atoms with van der Waals surface area (Å²) in [5.41, 5.74) is 7.85. The van der Waals surface area contributed by atoms with Crippen LogP contribution in [0.25, 0.3) is 0 Å². The smallest absolute Gasteiger partial charge is 0.123 e. The molecule has 1 saturated heterocycles. The maximum Gasteiger partial charge on any atom is 0.123 e. The van der Waals surface area contributed by atoms with E-state index in [1.807, 2.05) is 13.0 Å². The lowest BCUT2D eigenvalue weighted by molar-refractivity contribution is 0.0983. The third kappa shape index (κ3) is 2.80. The summed E-state index contributed by atoms with van der Waals surface area (Å²) in [6.45, 7) is 2.71. The van der Waals surface area contributed by atoms with Gasteiger partial charge in [0.1, 0.15) is 5.82 Å². The van der Waals surface area contributed by atoms with Crippen LogP contribution in [0.1, 0.15) is 36.4 Å². The van der Waals surface area contributed by atoms with Crippen LogP contribution in [0.3, 0.4) is 0 Å². The highest BCUT2D eigenvalue weighted by Crippen LogP contribution is 2.24. The van der Waals surface area contributed by atoms with E-state index in [2.05, 4.69) is 0 Å². The molecular formula is C13H18FNO. The maximum absolute atomic E-state index is 13.2. The Morgan fingerprint density at radius 2 is 2.31 bits per heavy atom. The molecule has 1 aliphatic rings. The third-order valence-corrected chi connectivity index (χ3v) is 3.03. The van der Waals surface area contributed by atoms with E-state index >= 15 is 0 Å². The SMILES string of the molecule is Cc1cc(F)cc(C(N)CC2CCCO2)c1. The molecule has 0 aromatic heterocycles. The highest BCUT2D eigenvalue weighted by Gasteiger charge is 2.19. The topological polar surface area (TPSA) is 35.2 Å². The fourth-order valence-electron chi connectivity index (χ4n) is 2.23. The fourth-order valence-corrected chi connectivity index (χ4v) is 2.23. The molecule has 0 radical (unpaired) electrons. The molecule has 0 amide bonds. The highest BCUT2D eigenvalue weighted by atomic mass is 19.1. The van der Waals surface area contributed by atoms with Crippen molar-refractivity contribution < 1.29 is 9.13 Å². The van der Waals surface area contributed by atoms with E-state index in [9.17, 15) is 4.39 Å². The van der Waals surface area contributed by atoms with Crippen LogP contribution in [-0.2, 0) is 4.74 Å². The van der Waals surface area contributed by atoms with Gasteiger partial charge in [0.2, 0.25) is 0 Å². The standard InChI is InChI=1S/C13H18FNO/c1-9-5-10(7-11(14)6-9)13(15)8-12-3-2-4-16-12/h5-7,12-13H,2-4,8,15H2,1H3. The lowest BCUT2D eigenvalue weighted by Gasteiger charge is -2.17. The average molecular weight is 223 g/mol. The highest BCUT2D eigenvalue weighted by molar-refractivity contribution is 5.26. The molecule has 1 aliphatic heterocycles. The Labute approximate surface area is 95.6 Å². The molecule has 3 heteroatoms. The first-order valence-corrected chi connectivity index (χ1v) is 5.79. The predicted octanol–water partition coefficient (Wildman–Crippen LogP) is 2.70. The van der Waals surface area contributed by atoms with Crippen molar-refractivity contribution in [1.82, 2.24) is 0 Å². The second-order valence-electron chi connectivity index (χ2n) is 4.54. The number of ether oxygens (including phenoxy) is 1. The number of hydrogen-bond donors (Lipinski definition) is 1. The Morgan fingerprint density at radius 1 is 1.50 bits per heavy atom. The molecule has 1 fully saturated rings. The molecule has 2 unspecified atom stereocenters. The summed E-state index contributed by atoms with van der Waals surface area (Å²) in [4.78, 5) is 0. The normalized spacial score (nSPS) is 22.3. The largest absolute Gasteiger partial charge is 0.378 e. The van der Waals surface area contributed by atoms with Gasteiger partial charge in [-0.25, -0.2) is 4.39 Å². The van der Waals surface area contributed by atoms with E-state index in [-0.39, 0.29) is 18.0 Å². The molecule has 2 nitrogen and oxygen atoms in total. The van der Waals surface area contributed by atoms with Crippen molar-refractivity contribution in [2.24, 2.45) is 5.73 Å². The summed E-state index contributed by atoms with van der Waals surface area (Å²) < 4.78 is 18.7. The monoisotopic (exact) mass is 223 g/mol. The number of nitrogens with two attached hydrogens (primary N) is 1. The summed E-state index contributed by atoms with van der Waals surface area (Å²) in [7, 11) is 0. The first kappa shape index (κ1) is 11.6. The minimum absolute atomic E-state index is 0.127. The molecule has 88 valence electrons. The van der Waals surface area contributed by atoms with Crippen LogP contribution in [0.5, 0.6) is 0 Å². The van der Waals surface area contributed by atoms with Gasteiger partial charge in [0.15, 0.2) is 0 Å². The van der Waals surface area contributed by atoms with E-state index < -0.39 is 0 Å². The van der Waals surface area contributed by atoms with Crippen molar-refractivity contribution >= 4 is 0 Å². The van der Waals surface area contributed by atoms with E-state index in [0.717, 1.165) is 37.0 Å². The van der Waals surface area contributed by atoms with Gasteiger partial charge < -0.3 is 10.5 Å². The van der Waals surface area contributed by atoms with Crippen LogP contribution in [-0.4, -0.2) is 12.7 Å². The molecule has 16 heavy (non-hydrogen) atoms. The Kier molecular flexibility index (Phi) is 3.56. The predicted molar refractivity (Wildman–Crippen MR) is 61.7 cm³/mol. The van der Waals surface area contributed by atoms with Crippen molar-refractivity contribution in [2.45, 2.75) is 38.3 Å². The van der Waals surface area contributed by atoms with Crippen LogP contribution >= 0.6 is 0 Å². The molecule has 1 heterocycles. The third-order valence-electron chi connectivity index (χ3n) is 3.03. The van der Waals surface area contributed by atoms with Crippen LogP contribution in [0.15, 0.2) is 18.2 Å². The zero-order valence-corrected chi connectivity index (χ0v) is 9.58. The molecule has 0 aliphatic carbocycles. The maximum atomic E-state index is 13.2. The van der Waals surface area contributed by atoms with E-state index in [0.29, 0.717) is 0 Å². The summed E-state index contributed by atoms with van der Waals surface area (Å²) in [6, 6.07) is 4.86. The van der Waals surface area contributed by atoms with Gasteiger partial charge >= 0.3 is 0 Å². The van der Waals surface area contributed by atoms with Crippen LogP contribution in [0.2, 0.25) is 0 Å². The minimum Gasteiger partial charge on any atom is -0.378 e. The number of aryl methyl sites for hydroxylation is 1. The Balaban J connectivity index is 2.04. The zero-order chi connectivity index (χ0) is 11.5. The van der Waals surface area contributed by atoms with Gasteiger partial charge in [-0.3, -0.25) is 0 Å². The molecule has 2 N–H and O–H groups in total. The van der Waals surface area contributed by atoms with E-state index in [1.165, 1.54) is 12.1 Å². The van der Waals surface area contributed by atoms with Gasteiger partial charge in [0, 0.05) is 12.6 Å². The Hall–Kier alpha value is -0.930. The fraction of sp³-hybridized carbons (Fsp3) is 0.538. The zero-order valence-electron chi connectivity index (χ0n) is 9.58. The number of rotatable bonds is 3. The van der Waals surface area contributed by atoms with Gasteiger partial charge in [-0.15, -0.1) is 0 Å². The van der Waals surface area contributed by atoms with Crippen molar-refractivity contribution in [3.05, 3.63) is 35.1 Å². The summed E-state index contributed by atoms with van der Waals surface area (Å²) in [5, 5.41) is 0. The van der Waals surface area contributed by atoms with Crippen molar-refractivity contribution in [3.63, 3.8) is 0 Å². The van der Waals surface area contributed by atoms with Crippen LogP contribution < -0.4 is 5.73 Å². The van der Waals surface area contributed by atoms with E-state index in [1.54, 1.807) is 0 Å². The Morgan fingerprint density at radius 3 is 2.94 bits per heavy atom. The molecular weight excluding hydrogens is 205 g/mol. The van der Waals surface area contributed by atoms with Gasteiger partial charge in [0.05, 0.1) is 6.10 Å². The molecule has 0 bridgehead atoms. The van der Waals surface area contributed by atoms with Gasteiger partial charge in [-0.2, -0.15) is 0 Å². The van der Waals surface area contributed by atoms with Crippen LogP contribution in [0.4, 0.5) is 4.39 Å². The molecule has 0 saturated carbocycles. The summed E-state index contributed by atoms with van der Waals surface area (Å²) in [5.74, 6) is -0.210. The van der Waals surface area contributed by atoms with Crippen LogP contribution in [0, 0.1) is 12.7 Å². The van der Waals surface area contributed by atoms with E-state index in [4.69, 9.17) is 10.5 Å². The lowest BCUT2D eigenvalue weighted by atomic mass is 9.98. The molecule has 0 spiro atoms. The average Bonchev–Trinajstić information content (AvgIpc) is 2.68. The molecule has 2 rings (SSSR count). The molecule has 2 atom stereocenters.